The number of ketones is 1. The number of halogens is 3. The highest BCUT2D eigenvalue weighted by atomic mass is 35.5. The molecule has 0 aromatic heterocycles. The molecule has 2 aromatic rings. The van der Waals surface area contributed by atoms with Crippen molar-refractivity contribution in [1.82, 2.24) is 20.7 Å². The van der Waals surface area contributed by atoms with Crippen molar-refractivity contribution in [3.05, 3.63) is 64.5 Å². The second-order valence-corrected chi connectivity index (χ2v) is 8.73. The van der Waals surface area contributed by atoms with E-state index in [4.69, 9.17) is 0 Å². The van der Waals surface area contributed by atoms with Crippen LogP contribution in [0.2, 0.25) is 0 Å². The maximum absolute atomic E-state index is 14.2. The van der Waals surface area contributed by atoms with Gasteiger partial charge in [0.2, 0.25) is 5.91 Å². The minimum atomic E-state index is -0.275. The molecule has 2 aromatic carbocycles. The number of rotatable bonds is 11. The van der Waals surface area contributed by atoms with E-state index in [-0.39, 0.29) is 61.3 Å². The molecule has 0 atom stereocenters. The van der Waals surface area contributed by atoms with Gasteiger partial charge in [-0.05, 0) is 55.8 Å². The fraction of sp³-hybridized carbons (Fsp3) is 0.423. The van der Waals surface area contributed by atoms with E-state index in [1.54, 1.807) is 41.2 Å². The van der Waals surface area contributed by atoms with Crippen molar-refractivity contribution in [2.45, 2.75) is 33.9 Å². The molecule has 37 heavy (non-hydrogen) atoms. The van der Waals surface area contributed by atoms with E-state index in [1.807, 2.05) is 19.9 Å². The lowest BCUT2D eigenvalue weighted by Crippen LogP contribution is -2.48. The van der Waals surface area contributed by atoms with Gasteiger partial charge in [0, 0.05) is 50.0 Å². The molecule has 1 aliphatic heterocycles. The van der Waals surface area contributed by atoms with Crippen LogP contribution in [0.3, 0.4) is 0 Å². The van der Waals surface area contributed by atoms with Crippen LogP contribution in [-0.4, -0.2) is 67.4 Å². The summed E-state index contributed by atoms with van der Waals surface area (Å²) < 4.78 is 14.2. The summed E-state index contributed by atoms with van der Waals surface area (Å²) >= 11 is 0. The number of hydrazine groups is 1. The Kier molecular flexibility index (Phi) is 13.0. The lowest BCUT2D eigenvalue weighted by molar-refractivity contribution is -0.145. The van der Waals surface area contributed by atoms with E-state index in [9.17, 15) is 18.8 Å². The van der Waals surface area contributed by atoms with Crippen LogP contribution in [0.5, 0.6) is 0 Å². The molecule has 0 aliphatic carbocycles. The average molecular weight is 557 g/mol. The molecule has 2 N–H and O–H groups in total. The fourth-order valence-electron chi connectivity index (χ4n) is 4.15. The van der Waals surface area contributed by atoms with Crippen LogP contribution in [0.15, 0.2) is 36.4 Å². The van der Waals surface area contributed by atoms with Crippen LogP contribution in [0.1, 0.15) is 40.9 Å². The summed E-state index contributed by atoms with van der Waals surface area (Å²) in [4.78, 5) is 39.4. The summed E-state index contributed by atoms with van der Waals surface area (Å²) in [5.74, 6) is -0.760. The van der Waals surface area contributed by atoms with Gasteiger partial charge in [-0.1, -0.05) is 19.1 Å². The van der Waals surface area contributed by atoms with Gasteiger partial charge in [-0.3, -0.25) is 19.4 Å². The van der Waals surface area contributed by atoms with Crippen LogP contribution >= 0.6 is 24.8 Å². The van der Waals surface area contributed by atoms with Gasteiger partial charge in [-0.25, -0.2) is 9.40 Å². The first-order chi connectivity index (χ1) is 16.7. The smallest absolute Gasteiger partial charge is 0.256 e. The number of Topliss-reactive ketones (excluding diaryl/α,β-unsaturated/α-hetero) is 1. The maximum atomic E-state index is 14.2. The second-order valence-electron chi connectivity index (χ2n) is 8.73. The molecule has 204 valence electrons. The highest BCUT2D eigenvalue weighted by molar-refractivity contribution is 5.95. The zero-order valence-electron chi connectivity index (χ0n) is 21.7. The van der Waals surface area contributed by atoms with E-state index in [0.29, 0.717) is 43.0 Å². The molecule has 0 saturated heterocycles. The Bertz CT molecular complexity index is 1100. The molecule has 1 heterocycles. The Morgan fingerprint density at radius 2 is 1.78 bits per heavy atom. The number of fused-ring (bicyclic) bond motifs is 1. The first-order valence-corrected chi connectivity index (χ1v) is 11.8. The third-order valence-electron chi connectivity index (χ3n) is 6.17. The van der Waals surface area contributed by atoms with Gasteiger partial charge in [-0.2, -0.15) is 0 Å². The Morgan fingerprint density at radius 3 is 2.41 bits per heavy atom. The molecule has 1 aliphatic rings. The zero-order chi connectivity index (χ0) is 25.5. The minimum Gasteiger partial charge on any atom is -0.353 e. The summed E-state index contributed by atoms with van der Waals surface area (Å²) in [6.45, 7) is 7.98. The van der Waals surface area contributed by atoms with Crippen molar-refractivity contribution in [3.8, 4) is 0 Å². The standard InChI is InChI=1S/C26H34FN5O3.2ClH/c1-5-28-11-12-29-25(34)16-31(24-10-9-20(19(3)33)13-18(24)2)17-26(35)30(4)32-14-21-7-6-8-23(27)22(21)15-32;;/h6-10,13,28H,5,11-12,14-17H2,1-4H3,(H,29,34);2*1H. The first kappa shape index (κ1) is 32.3. The van der Waals surface area contributed by atoms with Crippen molar-refractivity contribution in [3.63, 3.8) is 0 Å². The van der Waals surface area contributed by atoms with Crippen molar-refractivity contribution < 1.29 is 18.8 Å². The Hall–Kier alpha value is -2.72. The number of aryl methyl sites for hydroxylation is 1. The minimum absolute atomic E-state index is 0. The maximum Gasteiger partial charge on any atom is 0.256 e. The van der Waals surface area contributed by atoms with Crippen LogP contribution in [0.25, 0.3) is 0 Å². The van der Waals surface area contributed by atoms with Crippen molar-refractivity contribution >= 4 is 48.1 Å². The number of carbonyl (C=O) groups is 3. The zero-order valence-corrected chi connectivity index (χ0v) is 23.3. The molecule has 8 nitrogen and oxygen atoms in total. The molecule has 0 radical (unpaired) electrons. The van der Waals surface area contributed by atoms with Crippen LogP contribution < -0.4 is 15.5 Å². The van der Waals surface area contributed by atoms with E-state index in [1.165, 1.54) is 18.0 Å². The van der Waals surface area contributed by atoms with E-state index in [0.717, 1.165) is 17.7 Å². The molecule has 3 rings (SSSR count). The predicted molar refractivity (Wildman–Crippen MR) is 148 cm³/mol. The molecular weight excluding hydrogens is 520 g/mol. The number of nitrogens with one attached hydrogen (secondary N) is 2. The lowest BCUT2D eigenvalue weighted by atomic mass is 10.1. The third-order valence-corrected chi connectivity index (χ3v) is 6.17. The van der Waals surface area contributed by atoms with Gasteiger partial charge in [0.05, 0.1) is 13.1 Å². The van der Waals surface area contributed by atoms with Gasteiger partial charge in [0.1, 0.15) is 5.82 Å². The molecule has 0 spiro atoms. The monoisotopic (exact) mass is 555 g/mol. The normalized spacial score (nSPS) is 12.1. The quantitative estimate of drug-likeness (QED) is 0.327. The summed E-state index contributed by atoms with van der Waals surface area (Å²) in [6.07, 6.45) is 0. The van der Waals surface area contributed by atoms with Crippen molar-refractivity contribution in [2.75, 3.05) is 44.7 Å². The number of anilines is 1. The molecule has 0 saturated carbocycles. The number of benzene rings is 2. The fourth-order valence-corrected chi connectivity index (χ4v) is 4.15. The number of hydrogen-bond acceptors (Lipinski definition) is 6. The van der Waals surface area contributed by atoms with Gasteiger partial charge < -0.3 is 15.5 Å². The first-order valence-electron chi connectivity index (χ1n) is 11.8. The van der Waals surface area contributed by atoms with Gasteiger partial charge >= 0.3 is 0 Å². The highest BCUT2D eigenvalue weighted by Crippen LogP contribution is 2.26. The van der Waals surface area contributed by atoms with Gasteiger partial charge in [-0.15, -0.1) is 24.8 Å². The van der Waals surface area contributed by atoms with Gasteiger partial charge in [0.25, 0.3) is 5.91 Å². The molecule has 0 bridgehead atoms. The largest absolute Gasteiger partial charge is 0.353 e. The van der Waals surface area contributed by atoms with E-state index < -0.39 is 0 Å². The molecular formula is C26H36Cl2FN5O3. The topological polar surface area (TPSA) is 85.0 Å². The summed E-state index contributed by atoms with van der Waals surface area (Å²) in [6, 6.07) is 10.2. The van der Waals surface area contributed by atoms with E-state index in [2.05, 4.69) is 10.6 Å². The second kappa shape index (κ2) is 14.9. The van der Waals surface area contributed by atoms with Gasteiger partial charge in [0.15, 0.2) is 5.78 Å². The number of hydrogen-bond donors (Lipinski definition) is 2. The molecule has 0 fully saturated rings. The van der Waals surface area contributed by atoms with Crippen LogP contribution in [0, 0.1) is 12.7 Å². The summed E-state index contributed by atoms with van der Waals surface area (Å²) in [5.41, 5.74) is 3.53. The Morgan fingerprint density at radius 1 is 1.05 bits per heavy atom. The number of nitrogens with zero attached hydrogens (tertiary/aromatic N) is 3. The SMILES string of the molecule is CCNCCNC(=O)CN(CC(=O)N(C)N1Cc2cccc(F)c2C1)c1ccc(C(C)=O)cc1C.Cl.Cl. The number of likely N-dealkylation sites (N-methyl/N-ethyl adjacent to an activating group) is 2. The lowest BCUT2D eigenvalue weighted by Gasteiger charge is -2.32. The number of carbonyl (C=O) groups excluding carboxylic acids is 3. The Labute approximate surface area is 230 Å². The average Bonchev–Trinajstić information content (AvgIpc) is 3.26. The highest BCUT2D eigenvalue weighted by Gasteiger charge is 2.28. The third kappa shape index (κ3) is 8.39. The molecule has 0 unspecified atom stereocenters. The van der Waals surface area contributed by atoms with E-state index >= 15 is 0 Å². The van der Waals surface area contributed by atoms with Crippen molar-refractivity contribution in [2.24, 2.45) is 0 Å². The summed E-state index contributed by atoms with van der Waals surface area (Å²) in [7, 11) is 1.66. The number of amides is 2. The summed E-state index contributed by atoms with van der Waals surface area (Å²) in [5, 5.41) is 9.30. The molecule has 2 amide bonds. The molecule has 11 heteroatoms. The van der Waals surface area contributed by atoms with Crippen LogP contribution in [0.4, 0.5) is 10.1 Å². The van der Waals surface area contributed by atoms with Crippen molar-refractivity contribution in [1.29, 1.82) is 0 Å². The van der Waals surface area contributed by atoms with Crippen LogP contribution in [-0.2, 0) is 22.7 Å². The Balaban J connectivity index is 0.00000342. The predicted octanol–water partition coefficient (Wildman–Crippen LogP) is 3.10.